The highest BCUT2D eigenvalue weighted by molar-refractivity contribution is 7.80. The van der Waals surface area contributed by atoms with E-state index in [4.69, 9.17) is 0 Å². The highest BCUT2D eigenvalue weighted by atomic mass is 32.1. The van der Waals surface area contributed by atoms with Gasteiger partial charge in [0.1, 0.15) is 0 Å². The number of halogens is 4. The molecule has 9 heavy (non-hydrogen) atoms. The molecule has 0 aromatic heterocycles. The van der Waals surface area contributed by atoms with Crippen molar-refractivity contribution in [2.75, 3.05) is 5.75 Å². The third-order valence-electron chi connectivity index (χ3n) is 0.533. The molecule has 0 aliphatic carbocycles. The fourth-order valence-corrected chi connectivity index (χ4v) is 0.335. The second-order valence-corrected chi connectivity index (χ2v) is 1.55. The van der Waals surface area contributed by atoms with E-state index < -0.39 is 12.0 Å². The van der Waals surface area contributed by atoms with Crippen LogP contribution in [0.1, 0.15) is 0 Å². The Kier molecular flexibility index (Phi) is 3.03. The zero-order valence-electron chi connectivity index (χ0n) is 4.20. The molecule has 0 nitrogen and oxygen atoms in total. The van der Waals surface area contributed by atoms with Gasteiger partial charge in [-0.25, -0.2) is 4.39 Å². The van der Waals surface area contributed by atoms with Gasteiger partial charge in [-0.1, -0.05) is 12.6 Å². The minimum absolute atomic E-state index is 0.315. The van der Waals surface area contributed by atoms with Gasteiger partial charge in [-0.3, -0.25) is 0 Å². The van der Waals surface area contributed by atoms with Crippen molar-refractivity contribution < 1.29 is 17.6 Å². The highest BCUT2D eigenvalue weighted by Crippen LogP contribution is 2.25. The monoisotopic (exact) mass is 159 g/mol. The summed E-state index contributed by atoms with van der Waals surface area (Å²) in [4.78, 5) is 0. The molecule has 0 spiro atoms. The summed E-state index contributed by atoms with van der Waals surface area (Å²) < 4.78 is 45.0. The van der Waals surface area contributed by atoms with Crippen molar-refractivity contribution in [3.63, 3.8) is 0 Å². The van der Waals surface area contributed by atoms with Crippen LogP contribution in [-0.2, 0) is 0 Å². The Balaban J connectivity index is 4.03. The van der Waals surface area contributed by atoms with Gasteiger partial charge in [-0.05, 0) is 6.08 Å². The maximum atomic E-state index is 11.6. The molecule has 0 saturated heterocycles. The first-order chi connectivity index (χ1) is 3.98. The van der Waals surface area contributed by atoms with Gasteiger partial charge in [-0.15, -0.1) is 0 Å². The lowest BCUT2D eigenvalue weighted by molar-refractivity contribution is -0.108. The topological polar surface area (TPSA) is 0 Å². The summed E-state index contributed by atoms with van der Waals surface area (Å²) in [6.45, 7) is 0. The molecule has 0 amide bonds. The van der Waals surface area contributed by atoms with Gasteiger partial charge >= 0.3 is 6.18 Å². The predicted molar refractivity (Wildman–Crippen MR) is 27.7 cm³/mol. The quantitative estimate of drug-likeness (QED) is 0.516. The van der Waals surface area contributed by atoms with E-state index in [2.05, 4.69) is 12.6 Å². The first-order valence-corrected chi connectivity index (χ1v) is 2.57. The van der Waals surface area contributed by atoms with Crippen molar-refractivity contribution >= 4 is 12.6 Å². The van der Waals surface area contributed by atoms with E-state index >= 15 is 0 Å². The van der Waals surface area contributed by atoms with Crippen LogP contribution in [0.3, 0.4) is 0 Å². The molecular weight excluding hydrogens is 156 g/mol. The number of rotatable bonds is 1. The molecule has 1 radical (unpaired) electrons. The van der Waals surface area contributed by atoms with Gasteiger partial charge in [0.2, 0.25) is 5.83 Å². The van der Waals surface area contributed by atoms with Crippen molar-refractivity contribution in [2.24, 2.45) is 0 Å². The van der Waals surface area contributed by atoms with E-state index in [1.165, 1.54) is 0 Å². The van der Waals surface area contributed by atoms with Gasteiger partial charge in [0.15, 0.2) is 0 Å². The van der Waals surface area contributed by atoms with Gasteiger partial charge in [0, 0.05) is 5.75 Å². The molecule has 0 N–H and O–H groups in total. The second-order valence-electron chi connectivity index (χ2n) is 1.22. The highest BCUT2D eigenvalue weighted by Gasteiger charge is 2.33. The van der Waals surface area contributed by atoms with Crippen molar-refractivity contribution in [3.8, 4) is 0 Å². The number of hydrogen-bond acceptors (Lipinski definition) is 0. The summed E-state index contributed by atoms with van der Waals surface area (Å²) in [5.41, 5.74) is 0. The van der Waals surface area contributed by atoms with E-state index in [-0.39, 0.29) is 5.75 Å². The first-order valence-electron chi connectivity index (χ1n) is 1.99. The number of hydrogen-bond donors (Lipinski definition) is 0. The molecular formula is C4H3F4S. The van der Waals surface area contributed by atoms with Crippen LogP contribution in [-0.4, -0.2) is 11.9 Å². The second kappa shape index (κ2) is 3.10. The smallest absolute Gasteiger partial charge is 0.202 e. The average Bonchev–Trinajstić information content (AvgIpc) is 1.64. The SMILES string of the molecule is F/C(=C\C[S])C(F)(F)F. The molecule has 0 aliphatic heterocycles. The third kappa shape index (κ3) is 3.40. The largest absolute Gasteiger partial charge is 0.442 e. The summed E-state index contributed by atoms with van der Waals surface area (Å²) in [5.74, 6) is -2.47. The van der Waals surface area contributed by atoms with Crippen molar-refractivity contribution in [1.82, 2.24) is 0 Å². The van der Waals surface area contributed by atoms with Gasteiger partial charge in [-0.2, -0.15) is 13.2 Å². The first kappa shape index (κ1) is 8.81. The Labute approximate surface area is 55.0 Å². The minimum Gasteiger partial charge on any atom is -0.202 e. The zero-order valence-corrected chi connectivity index (χ0v) is 5.02. The van der Waals surface area contributed by atoms with Crippen LogP contribution in [0.2, 0.25) is 0 Å². The molecule has 0 aromatic carbocycles. The summed E-state index contributed by atoms with van der Waals surface area (Å²) in [7, 11) is 0. The normalized spacial score (nSPS) is 14.1. The van der Waals surface area contributed by atoms with Gasteiger partial charge < -0.3 is 0 Å². The van der Waals surface area contributed by atoms with Crippen LogP contribution in [0.25, 0.3) is 0 Å². The van der Waals surface area contributed by atoms with Crippen LogP contribution in [0, 0.1) is 0 Å². The molecule has 0 saturated carbocycles. The Morgan fingerprint density at radius 3 is 2.00 bits per heavy atom. The molecule has 0 heterocycles. The van der Waals surface area contributed by atoms with Crippen LogP contribution in [0.4, 0.5) is 17.6 Å². The van der Waals surface area contributed by atoms with Crippen LogP contribution >= 0.6 is 12.6 Å². The van der Waals surface area contributed by atoms with E-state index in [0.717, 1.165) is 0 Å². The maximum Gasteiger partial charge on any atom is 0.442 e. The van der Waals surface area contributed by atoms with Crippen LogP contribution in [0.15, 0.2) is 11.9 Å². The fraction of sp³-hybridized carbons (Fsp3) is 0.500. The lowest BCUT2D eigenvalue weighted by atomic mass is 10.5. The molecule has 0 fully saturated rings. The van der Waals surface area contributed by atoms with E-state index in [9.17, 15) is 17.6 Å². The fourth-order valence-electron chi connectivity index (χ4n) is 0.189. The number of allylic oxidation sites excluding steroid dienone is 1. The Morgan fingerprint density at radius 1 is 1.44 bits per heavy atom. The molecule has 0 atom stereocenters. The standard InChI is InChI=1S/C4H3F4S/c5-3(1-2-9)4(6,7)8/h1H,2H2/b3-1-. The van der Waals surface area contributed by atoms with Gasteiger partial charge in [0.05, 0.1) is 0 Å². The number of alkyl halides is 3. The van der Waals surface area contributed by atoms with Crippen LogP contribution < -0.4 is 0 Å². The van der Waals surface area contributed by atoms with E-state index in [1.807, 2.05) is 0 Å². The molecule has 0 bridgehead atoms. The summed E-state index contributed by atoms with van der Waals surface area (Å²) in [6.07, 6.45) is -4.55. The molecule has 0 unspecified atom stereocenters. The molecule has 0 aliphatic rings. The maximum absolute atomic E-state index is 11.6. The Hall–Kier alpha value is -0.190. The summed E-state index contributed by atoms with van der Waals surface area (Å²) in [6, 6.07) is 0. The van der Waals surface area contributed by atoms with E-state index in [0.29, 0.717) is 6.08 Å². The molecule has 53 valence electrons. The van der Waals surface area contributed by atoms with Gasteiger partial charge in [0.25, 0.3) is 0 Å². The Morgan fingerprint density at radius 2 is 1.89 bits per heavy atom. The molecule has 0 aromatic rings. The molecule has 5 heteroatoms. The minimum atomic E-state index is -4.86. The van der Waals surface area contributed by atoms with E-state index in [1.54, 1.807) is 0 Å². The average molecular weight is 159 g/mol. The van der Waals surface area contributed by atoms with Crippen molar-refractivity contribution in [2.45, 2.75) is 6.18 Å². The van der Waals surface area contributed by atoms with Crippen molar-refractivity contribution in [1.29, 1.82) is 0 Å². The lowest BCUT2D eigenvalue weighted by Gasteiger charge is -1.99. The zero-order chi connectivity index (χ0) is 7.49. The van der Waals surface area contributed by atoms with Crippen molar-refractivity contribution in [3.05, 3.63) is 11.9 Å². The Bertz CT molecular complexity index is 114. The molecule has 0 rings (SSSR count). The summed E-state index contributed by atoms with van der Waals surface area (Å²) in [5, 5.41) is 0. The lowest BCUT2D eigenvalue weighted by Crippen LogP contribution is -2.07. The predicted octanol–water partition coefficient (Wildman–Crippen LogP) is 2.60. The third-order valence-corrected chi connectivity index (χ3v) is 0.700. The summed E-state index contributed by atoms with van der Waals surface area (Å²) >= 11 is 4.08. The van der Waals surface area contributed by atoms with Crippen LogP contribution in [0.5, 0.6) is 0 Å².